The largest absolute Gasteiger partial charge is 0.482 e. The second kappa shape index (κ2) is 5.66. The number of ketones is 1. The lowest BCUT2D eigenvalue weighted by atomic mass is 9.84. The first kappa shape index (κ1) is 13.2. The Labute approximate surface area is 120 Å². The Morgan fingerprint density at radius 1 is 1.20 bits per heavy atom. The lowest BCUT2D eigenvalue weighted by Gasteiger charge is -2.30. The van der Waals surface area contributed by atoms with E-state index >= 15 is 0 Å². The van der Waals surface area contributed by atoms with E-state index in [1.165, 1.54) is 12.8 Å². The van der Waals surface area contributed by atoms with Crippen LogP contribution in [0.2, 0.25) is 0 Å². The molecule has 2 aliphatic rings. The standard InChI is InChI=1S/C18H20O2/c1-2-3-4-8-15-11-10-14-12-13-7-5-6-9-16(13)17(19)18(14)20-15/h5-7,9-11,18H,2-4,8,12H2,1H3. The Kier molecular flexibility index (Phi) is 3.72. The van der Waals surface area contributed by atoms with Crippen molar-refractivity contribution >= 4 is 5.78 Å². The minimum atomic E-state index is -0.383. The average Bonchev–Trinajstić information content (AvgIpc) is 2.48. The molecule has 20 heavy (non-hydrogen) atoms. The highest BCUT2D eigenvalue weighted by Gasteiger charge is 2.34. The van der Waals surface area contributed by atoms with Gasteiger partial charge in [-0.25, -0.2) is 0 Å². The zero-order valence-corrected chi connectivity index (χ0v) is 11.9. The predicted octanol–water partition coefficient (Wildman–Crippen LogP) is 4.21. The normalized spacial score (nSPS) is 20.4. The first-order valence-corrected chi connectivity index (χ1v) is 7.48. The van der Waals surface area contributed by atoms with Crippen molar-refractivity contribution < 1.29 is 9.53 Å². The SMILES string of the molecule is CCCCCC1=CC=C2Cc3ccccc3C(=O)C2O1. The molecule has 0 fully saturated rings. The minimum absolute atomic E-state index is 0.110. The zero-order valence-electron chi connectivity index (χ0n) is 11.9. The fraction of sp³-hybridized carbons (Fsp3) is 0.389. The number of fused-ring (bicyclic) bond motifs is 2. The lowest BCUT2D eigenvalue weighted by molar-refractivity contribution is 0.0680. The van der Waals surface area contributed by atoms with E-state index in [4.69, 9.17) is 4.74 Å². The fourth-order valence-electron chi connectivity index (χ4n) is 2.89. The van der Waals surface area contributed by atoms with Gasteiger partial charge in [-0.15, -0.1) is 0 Å². The molecule has 0 spiro atoms. The van der Waals surface area contributed by atoms with Crippen molar-refractivity contribution in [3.05, 3.63) is 58.9 Å². The molecular formula is C18H20O2. The first-order chi connectivity index (χ1) is 9.79. The van der Waals surface area contributed by atoms with E-state index in [1.807, 2.05) is 30.3 Å². The van der Waals surface area contributed by atoms with Gasteiger partial charge in [-0.05, 0) is 30.1 Å². The average molecular weight is 268 g/mol. The van der Waals surface area contributed by atoms with Crippen LogP contribution in [0.1, 0.15) is 48.5 Å². The number of hydrogen-bond acceptors (Lipinski definition) is 2. The number of rotatable bonds is 4. The minimum Gasteiger partial charge on any atom is -0.482 e. The predicted molar refractivity (Wildman–Crippen MR) is 79.7 cm³/mol. The molecule has 0 amide bonds. The van der Waals surface area contributed by atoms with Gasteiger partial charge in [0.25, 0.3) is 0 Å². The van der Waals surface area contributed by atoms with E-state index < -0.39 is 0 Å². The molecule has 0 bridgehead atoms. The number of carbonyl (C=O) groups is 1. The van der Waals surface area contributed by atoms with Crippen LogP contribution in [0.5, 0.6) is 0 Å². The third-order valence-electron chi connectivity index (χ3n) is 4.03. The van der Waals surface area contributed by atoms with Gasteiger partial charge >= 0.3 is 0 Å². The van der Waals surface area contributed by atoms with E-state index in [0.717, 1.165) is 41.7 Å². The molecule has 0 saturated heterocycles. The molecule has 1 atom stereocenters. The summed E-state index contributed by atoms with van der Waals surface area (Å²) < 4.78 is 5.95. The molecule has 1 aromatic carbocycles. The third kappa shape index (κ3) is 2.43. The lowest BCUT2D eigenvalue weighted by Crippen LogP contribution is -2.33. The van der Waals surface area contributed by atoms with Gasteiger partial charge in [-0.2, -0.15) is 0 Å². The van der Waals surface area contributed by atoms with Crippen molar-refractivity contribution in [2.75, 3.05) is 0 Å². The molecule has 2 nitrogen and oxygen atoms in total. The smallest absolute Gasteiger partial charge is 0.207 e. The molecule has 2 heteroatoms. The molecule has 1 aliphatic heterocycles. The van der Waals surface area contributed by atoms with E-state index in [1.54, 1.807) is 0 Å². The van der Waals surface area contributed by atoms with Crippen LogP contribution in [-0.2, 0) is 11.2 Å². The van der Waals surface area contributed by atoms with Crippen LogP contribution in [0.4, 0.5) is 0 Å². The summed E-state index contributed by atoms with van der Waals surface area (Å²) >= 11 is 0. The van der Waals surface area contributed by atoms with E-state index in [0.29, 0.717) is 0 Å². The summed E-state index contributed by atoms with van der Waals surface area (Å²) in [6.45, 7) is 2.19. The summed E-state index contributed by atoms with van der Waals surface area (Å²) in [7, 11) is 0. The van der Waals surface area contributed by atoms with Gasteiger partial charge in [0.1, 0.15) is 0 Å². The van der Waals surface area contributed by atoms with Crippen LogP contribution >= 0.6 is 0 Å². The van der Waals surface area contributed by atoms with Gasteiger partial charge in [0.15, 0.2) is 6.10 Å². The number of Topliss-reactive ketones (excluding diaryl/α,β-unsaturated/α-hetero) is 1. The van der Waals surface area contributed by atoms with Crippen molar-refractivity contribution in [3.8, 4) is 0 Å². The molecule has 104 valence electrons. The number of hydrogen-bond donors (Lipinski definition) is 0. The van der Waals surface area contributed by atoms with E-state index in [9.17, 15) is 4.79 Å². The summed E-state index contributed by atoms with van der Waals surface area (Å²) in [5.74, 6) is 1.07. The third-order valence-corrected chi connectivity index (χ3v) is 4.03. The number of allylic oxidation sites excluding steroid dienone is 3. The summed E-state index contributed by atoms with van der Waals surface area (Å²) in [4.78, 5) is 12.5. The number of benzene rings is 1. The maximum atomic E-state index is 12.5. The number of ether oxygens (including phenoxy) is 1. The highest BCUT2D eigenvalue weighted by atomic mass is 16.5. The zero-order chi connectivity index (χ0) is 13.9. The van der Waals surface area contributed by atoms with Gasteiger partial charge in [-0.1, -0.05) is 50.1 Å². The van der Waals surface area contributed by atoms with Crippen molar-refractivity contribution in [2.24, 2.45) is 0 Å². The molecule has 1 heterocycles. The van der Waals surface area contributed by atoms with Crippen molar-refractivity contribution in [1.82, 2.24) is 0 Å². The summed E-state index contributed by atoms with van der Waals surface area (Å²) in [5, 5.41) is 0. The second-order valence-corrected chi connectivity index (χ2v) is 5.53. The molecular weight excluding hydrogens is 248 g/mol. The summed E-state index contributed by atoms with van der Waals surface area (Å²) in [6.07, 6.45) is 9.04. The summed E-state index contributed by atoms with van der Waals surface area (Å²) in [5.41, 5.74) is 3.03. The Morgan fingerprint density at radius 3 is 2.90 bits per heavy atom. The topological polar surface area (TPSA) is 26.3 Å². The molecule has 1 unspecified atom stereocenters. The van der Waals surface area contributed by atoms with Crippen LogP contribution in [0.15, 0.2) is 47.7 Å². The summed E-state index contributed by atoms with van der Waals surface area (Å²) in [6, 6.07) is 7.85. The van der Waals surface area contributed by atoms with Crippen LogP contribution in [0.25, 0.3) is 0 Å². The maximum absolute atomic E-state index is 12.5. The highest BCUT2D eigenvalue weighted by molar-refractivity contribution is 6.04. The van der Waals surface area contributed by atoms with Crippen molar-refractivity contribution in [2.45, 2.75) is 45.1 Å². The van der Waals surface area contributed by atoms with E-state index in [2.05, 4.69) is 13.0 Å². The van der Waals surface area contributed by atoms with Crippen molar-refractivity contribution in [3.63, 3.8) is 0 Å². The number of carbonyl (C=O) groups excluding carboxylic acids is 1. The fourth-order valence-corrected chi connectivity index (χ4v) is 2.89. The second-order valence-electron chi connectivity index (χ2n) is 5.53. The van der Waals surface area contributed by atoms with Gasteiger partial charge in [-0.3, -0.25) is 4.79 Å². The Morgan fingerprint density at radius 2 is 2.05 bits per heavy atom. The van der Waals surface area contributed by atoms with Crippen LogP contribution in [0.3, 0.4) is 0 Å². The molecule has 1 aromatic rings. The van der Waals surface area contributed by atoms with Gasteiger partial charge in [0.05, 0.1) is 5.76 Å². The Hall–Kier alpha value is -1.83. The first-order valence-electron chi connectivity index (χ1n) is 7.48. The van der Waals surface area contributed by atoms with Gasteiger partial charge < -0.3 is 4.74 Å². The van der Waals surface area contributed by atoms with Crippen LogP contribution in [0, 0.1) is 0 Å². The maximum Gasteiger partial charge on any atom is 0.207 e. The molecule has 0 N–H and O–H groups in total. The van der Waals surface area contributed by atoms with Crippen molar-refractivity contribution in [1.29, 1.82) is 0 Å². The van der Waals surface area contributed by atoms with E-state index in [-0.39, 0.29) is 11.9 Å². The molecule has 0 radical (unpaired) electrons. The van der Waals surface area contributed by atoms with Gasteiger partial charge in [0, 0.05) is 12.0 Å². The molecule has 3 rings (SSSR count). The van der Waals surface area contributed by atoms with Crippen LogP contribution in [-0.4, -0.2) is 11.9 Å². The Bertz CT molecular complexity index is 581. The monoisotopic (exact) mass is 268 g/mol. The molecule has 1 aliphatic carbocycles. The molecule has 0 aromatic heterocycles. The van der Waals surface area contributed by atoms with Crippen LogP contribution < -0.4 is 0 Å². The molecule has 0 saturated carbocycles. The Balaban J connectivity index is 1.80. The number of unbranched alkanes of at least 4 members (excludes halogenated alkanes) is 2. The van der Waals surface area contributed by atoms with Gasteiger partial charge in [0.2, 0.25) is 5.78 Å². The quantitative estimate of drug-likeness (QED) is 0.764. The highest BCUT2D eigenvalue weighted by Crippen LogP contribution is 2.32.